The molecule has 0 fully saturated rings. The van der Waals surface area contributed by atoms with Crippen LogP contribution in [-0.2, 0) is 0 Å². The molecule has 0 aliphatic carbocycles. The summed E-state index contributed by atoms with van der Waals surface area (Å²) >= 11 is 0. The fourth-order valence-corrected chi connectivity index (χ4v) is 4.43. The van der Waals surface area contributed by atoms with E-state index in [0.29, 0.717) is 6.17 Å². The zero-order valence-electron chi connectivity index (χ0n) is 19.3. The summed E-state index contributed by atoms with van der Waals surface area (Å²) in [6.45, 7) is 6.94. The van der Waals surface area contributed by atoms with E-state index in [2.05, 4.69) is 66.4 Å². The lowest BCUT2D eigenvalue weighted by atomic mass is 10.1. The normalized spacial score (nSPS) is 16.1. The summed E-state index contributed by atoms with van der Waals surface area (Å²) in [4.78, 5) is 5.14. The van der Waals surface area contributed by atoms with E-state index >= 15 is 0 Å². The van der Waals surface area contributed by atoms with Crippen molar-refractivity contribution in [2.24, 2.45) is 0 Å². The Hall–Kier alpha value is -1.44. The molecule has 0 bridgehead atoms. The molecule has 0 saturated carbocycles. The molecule has 1 atom stereocenters. The minimum Gasteiger partial charge on any atom is -0.352 e. The predicted molar refractivity (Wildman–Crippen MR) is 128 cm³/mol. The number of hydrogen-bond donors (Lipinski definition) is 0. The van der Waals surface area contributed by atoms with Crippen LogP contribution in [0.15, 0.2) is 42.7 Å². The second-order valence-corrected chi connectivity index (χ2v) is 8.80. The number of nitrogens with zero attached hydrogens (tertiary/aromatic N) is 2. The first-order chi connectivity index (χ1) is 14.4. The lowest BCUT2D eigenvalue weighted by Crippen LogP contribution is -2.32. The highest BCUT2D eigenvalue weighted by molar-refractivity contribution is 5.21. The number of benzene rings is 1. The van der Waals surface area contributed by atoms with Crippen LogP contribution in [0.4, 0.5) is 0 Å². The first-order valence-electron chi connectivity index (χ1n) is 12.6. The second kappa shape index (κ2) is 15.4. The van der Waals surface area contributed by atoms with Crippen molar-refractivity contribution in [3.8, 4) is 0 Å². The van der Waals surface area contributed by atoms with Crippen LogP contribution in [0.3, 0.4) is 0 Å². The maximum atomic E-state index is 2.57. The first-order valence-corrected chi connectivity index (χ1v) is 12.6. The van der Waals surface area contributed by atoms with Crippen LogP contribution >= 0.6 is 0 Å². The summed E-state index contributed by atoms with van der Waals surface area (Å²) < 4.78 is 0. The Morgan fingerprint density at radius 2 is 0.966 bits per heavy atom. The molecule has 2 rings (SSSR count). The SMILES string of the molecule is CCCCCCCCCCN1C=CN(CCCCCCCC)C1c1ccccc1. The van der Waals surface area contributed by atoms with Gasteiger partial charge in [-0.1, -0.05) is 121 Å². The average Bonchev–Trinajstić information content (AvgIpc) is 3.16. The summed E-state index contributed by atoms with van der Waals surface area (Å²) in [7, 11) is 0. The summed E-state index contributed by atoms with van der Waals surface area (Å²) in [5.41, 5.74) is 1.43. The van der Waals surface area contributed by atoms with Gasteiger partial charge >= 0.3 is 0 Å². The monoisotopic (exact) mass is 398 g/mol. The van der Waals surface area contributed by atoms with Gasteiger partial charge in [-0.2, -0.15) is 0 Å². The molecule has 0 N–H and O–H groups in total. The van der Waals surface area contributed by atoms with Gasteiger partial charge in [0.1, 0.15) is 6.17 Å². The molecule has 164 valence electrons. The molecule has 1 heterocycles. The van der Waals surface area contributed by atoms with Gasteiger partial charge in [-0.05, 0) is 18.4 Å². The van der Waals surface area contributed by atoms with Crippen molar-refractivity contribution in [3.05, 3.63) is 48.3 Å². The van der Waals surface area contributed by atoms with Crippen LogP contribution in [0.5, 0.6) is 0 Å². The summed E-state index contributed by atoms with van der Waals surface area (Å²) in [6, 6.07) is 11.1. The number of unbranched alkanes of at least 4 members (excludes halogenated alkanes) is 12. The first kappa shape index (κ1) is 23.8. The van der Waals surface area contributed by atoms with Gasteiger partial charge in [0, 0.05) is 25.5 Å². The maximum absolute atomic E-state index is 2.57. The molecule has 1 aromatic rings. The lowest BCUT2D eigenvalue weighted by Gasteiger charge is -2.33. The molecule has 2 heteroatoms. The van der Waals surface area contributed by atoms with Crippen molar-refractivity contribution in [1.29, 1.82) is 0 Å². The standard InChI is InChI=1S/C27H46N2/c1-3-5-7-9-11-12-14-19-23-29-25-24-28(22-18-13-10-8-6-4-2)27(29)26-20-16-15-17-21-26/h15-17,20-21,24-25,27H,3-14,18-19,22-23H2,1-2H3. The van der Waals surface area contributed by atoms with Crippen LogP contribution in [0.25, 0.3) is 0 Å². The van der Waals surface area contributed by atoms with Gasteiger partial charge in [-0.25, -0.2) is 0 Å². The molecular weight excluding hydrogens is 352 g/mol. The minimum absolute atomic E-state index is 0.399. The highest BCUT2D eigenvalue weighted by Crippen LogP contribution is 2.31. The Morgan fingerprint density at radius 3 is 1.41 bits per heavy atom. The fourth-order valence-electron chi connectivity index (χ4n) is 4.43. The Morgan fingerprint density at radius 1 is 0.552 bits per heavy atom. The topological polar surface area (TPSA) is 6.48 Å². The molecular formula is C27H46N2. The third-order valence-electron chi connectivity index (χ3n) is 6.22. The summed E-state index contributed by atoms with van der Waals surface area (Å²) in [6.07, 6.45) is 24.4. The molecule has 1 unspecified atom stereocenters. The zero-order valence-corrected chi connectivity index (χ0v) is 19.3. The molecule has 0 amide bonds. The minimum atomic E-state index is 0.399. The Labute approximate surface area is 181 Å². The zero-order chi connectivity index (χ0) is 20.6. The van der Waals surface area contributed by atoms with Crippen molar-refractivity contribution in [3.63, 3.8) is 0 Å². The van der Waals surface area contributed by atoms with E-state index in [1.165, 1.54) is 109 Å². The van der Waals surface area contributed by atoms with Crippen molar-refractivity contribution in [2.45, 2.75) is 110 Å². The summed E-state index contributed by atoms with van der Waals surface area (Å²) in [5, 5.41) is 0. The fraction of sp³-hybridized carbons (Fsp3) is 0.704. The van der Waals surface area contributed by atoms with Crippen molar-refractivity contribution in [2.75, 3.05) is 13.1 Å². The van der Waals surface area contributed by atoms with E-state index in [0.717, 1.165) is 0 Å². The molecule has 0 radical (unpaired) electrons. The van der Waals surface area contributed by atoms with E-state index in [4.69, 9.17) is 0 Å². The van der Waals surface area contributed by atoms with Crippen LogP contribution in [0, 0.1) is 0 Å². The van der Waals surface area contributed by atoms with E-state index in [-0.39, 0.29) is 0 Å². The third kappa shape index (κ3) is 9.28. The smallest absolute Gasteiger partial charge is 0.127 e. The largest absolute Gasteiger partial charge is 0.352 e. The number of rotatable bonds is 17. The molecule has 0 saturated heterocycles. The van der Waals surface area contributed by atoms with Crippen molar-refractivity contribution < 1.29 is 0 Å². The molecule has 0 aromatic heterocycles. The quantitative estimate of drug-likeness (QED) is 0.244. The Kier molecular flexibility index (Phi) is 12.7. The second-order valence-electron chi connectivity index (χ2n) is 8.80. The van der Waals surface area contributed by atoms with Gasteiger partial charge in [0.15, 0.2) is 0 Å². The van der Waals surface area contributed by atoms with Gasteiger partial charge in [0.2, 0.25) is 0 Å². The van der Waals surface area contributed by atoms with Gasteiger partial charge < -0.3 is 9.80 Å². The van der Waals surface area contributed by atoms with Crippen LogP contribution in [-0.4, -0.2) is 22.9 Å². The third-order valence-corrected chi connectivity index (χ3v) is 6.22. The maximum Gasteiger partial charge on any atom is 0.127 e. The van der Waals surface area contributed by atoms with E-state index < -0.39 is 0 Å². The number of hydrogen-bond acceptors (Lipinski definition) is 2. The van der Waals surface area contributed by atoms with Gasteiger partial charge in [-0.15, -0.1) is 0 Å². The van der Waals surface area contributed by atoms with E-state index in [9.17, 15) is 0 Å². The van der Waals surface area contributed by atoms with Gasteiger partial charge in [-0.3, -0.25) is 0 Å². The molecule has 29 heavy (non-hydrogen) atoms. The van der Waals surface area contributed by atoms with E-state index in [1.807, 2.05) is 0 Å². The predicted octanol–water partition coefficient (Wildman–Crippen LogP) is 8.28. The van der Waals surface area contributed by atoms with E-state index in [1.54, 1.807) is 0 Å². The van der Waals surface area contributed by atoms with Crippen LogP contribution in [0.1, 0.15) is 115 Å². The summed E-state index contributed by atoms with van der Waals surface area (Å²) in [5.74, 6) is 0. The van der Waals surface area contributed by atoms with Gasteiger partial charge in [0.05, 0.1) is 0 Å². The van der Waals surface area contributed by atoms with Crippen molar-refractivity contribution >= 4 is 0 Å². The molecule has 0 spiro atoms. The molecule has 1 aliphatic heterocycles. The van der Waals surface area contributed by atoms with Gasteiger partial charge in [0.25, 0.3) is 0 Å². The Bertz CT molecular complexity index is 525. The average molecular weight is 399 g/mol. The van der Waals surface area contributed by atoms with Crippen LogP contribution in [0.2, 0.25) is 0 Å². The molecule has 2 nitrogen and oxygen atoms in total. The Balaban J connectivity index is 1.74. The van der Waals surface area contributed by atoms with Crippen molar-refractivity contribution in [1.82, 2.24) is 9.80 Å². The molecule has 1 aliphatic rings. The highest BCUT2D eigenvalue weighted by Gasteiger charge is 2.26. The van der Waals surface area contributed by atoms with Crippen LogP contribution < -0.4 is 0 Å². The highest BCUT2D eigenvalue weighted by atomic mass is 15.4. The molecule has 1 aromatic carbocycles. The lowest BCUT2D eigenvalue weighted by molar-refractivity contribution is 0.149.